The van der Waals surface area contributed by atoms with Gasteiger partial charge in [-0.1, -0.05) is 58.0 Å². The number of nitrogens with one attached hydrogen (secondary N) is 2. The Morgan fingerprint density at radius 2 is 1.63 bits per heavy atom. The van der Waals surface area contributed by atoms with Crippen molar-refractivity contribution in [3.05, 3.63) is 59.7 Å². The number of carbonyl (C=O) groups excluding carboxylic acids is 2. The normalized spacial score (nSPS) is 10.7. The van der Waals surface area contributed by atoms with Gasteiger partial charge in [0.25, 0.3) is 11.8 Å². The van der Waals surface area contributed by atoms with Crippen molar-refractivity contribution in [2.45, 2.75) is 33.6 Å². The molecule has 0 unspecified atom stereocenters. The van der Waals surface area contributed by atoms with Crippen molar-refractivity contribution < 1.29 is 14.3 Å². The average molecular weight is 368 g/mol. The third-order valence-corrected chi connectivity index (χ3v) is 4.02. The van der Waals surface area contributed by atoms with E-state index in [0.717, 1.165) is 5.56 Å². The van der Waals surface area contributed by atoms with E-state index >= 15 is 0 Å². The predicted molar refractivity (Wildman–Crippen MR) is 108 cm³/mol. The standard InChI is InChI=1S/C22H28N2O3/c1-15(2)13-23-22(26)18-10-5-7-11-19(18)24-21(25)14-27-20-12-8-6-9-17(20)16(3)4/h5-12,15-16H,13-14H2,1-4H3,(H,23,26)(H,24,25). The van der Waals surface area contributed by atoms with E-state index in [1.165, 1.54) is 0 Å². The van der Waals surface area contributed by atoms with E-state index in [-0.39, 0.29) is 18.4 Å². The van der Waals surface area contributed by atoms with Crippen molar-refractivity contribution in [1.82, 2.24) is 5.32 Å². The summed E-state index contributed by atoms with van der Waals surface area (Å²) >= 11 is 0. The molecule has 2 aromatic rings. The molecule has 0 heterocycles. The number of hydrogen-bond donors (Lipinski definition) is 2. The maximum absolute atomic E-state index is 12.4. The first kappa shape index (κ1) is 20.5. The summed E-state index contributed by atoms with van der Waals surface area (Å²) in [4.78, 5) is 24.7. The third kappa shape index (κ3) is 6.13. The van der Waals surface area contributed by atoms with Gasteiger partial charge in [0.15, 0.2) is 6.61 Å². The molecule has 0 spiro atoms. The zero-order valence-electron chi connectivity index (χ0n) is 16.4. The van der Waals surface area contributed by atoms with Crippen LogP contribution < -0.4 is 15.4 Å². The molecule has 0 fully saturated rings. The number of rotatable bonds is 8. The minimum Gasteiger partial charge on any atom is -0.483 e. The number of para-hydroxylation sites is 2. The first-order valence-electron chi connectivity index (χ1n) is 9.27. The highest BCUT2D eigenvalue weighted by molar-refractivity contribution is 6.04. The summed E-state index contributed by atoms with van der Waals surface area (Å²) in [5.74, 6) is 0.841. The molecule has 2 aromatic carbocycles. The maximum Gasteiger partial charge on any atom is 0.262 e. The second-order valence-corrected chi connectivity index (χ2v) is 7.18. The van der Waals surface area contributed by atoms with Gasteiger partial charge in [-0.05, 0) is 35.6 Å². The smallest absolute Gasteiger partial charge is 0.262 e. The molecule has 144 valence electrons. The van der Waals surface area contributed by atoms with Crippen molar-refractivity contribution in [2.75, 3.05) is 18.5 Å². The summed E-state index contributed by atoms with van der Waals surface area (Å²) in [6.07, 6.45) is 0. The first-order valence-corrected chi connectivity index (χ1v) is 9.27. The Kier molecular flexibility index (Phi) is 7.41. The molecule has 2 N–H and O–H groups in total. The number of benzene rings is 2. The lowest BCUT2D eigenvalue weighted by atomic mass is 10.0. The summed E-state index contributed by atoms with van der Waals surface area (Å²) in [7, 11) is 0. The molecule has 2 amide bonds. The van der Waals surface area contributed by atoms with Crippen molar-refractivity contribution >= 4 is 17.5 Å². The van der Waals surface area contributed by atoms with Gasteiger partial charge in [-0.2, -0.15) is 0 Å². The van der Waals surface area contributed by atoms with Crippen LogP contribution in [0, 0.1) is 5.92 Å². The van der Waals surface area contributed by atoms with Gasteiger partial charge in [0.2, 0.25) is 0 Å². The zero-order chi connectivity index (χ0) is 19.8. The van der Waals surface area contributed by atoms with E-state index in [1.54, 1.807) is 24.3 Å². The van der Waals surface area contributed by atoms with Crippen molar-refractivity contribution in [2.24, 2.45) is 5.92 Å². The molecule has 0 bridgehead atoms. The zero-order valence-corrected chi connectivity index (χ0v) is 16.4. The molecule has 0 saturated carbocycles. The highest BCUT2D eigenvalue weighted by atomic mass is 16.5. The molecule has 0 aromatic heterocycles. The van der Waals surface area contributed by atoms with E-state index in [4.69, 9.17) is 4.74 Å². The second kappa shape index (κ2) is 9.76. The Hall–Kier alpha value is -2.82. The molecule has 27 heavy (non-hydrogen) atoms. The van der Waals surface area contributed by atoms with Crippen LogP contribution in [0.1, 0.15) is 49.5 Å². The molecule has 0 atom stereocenters. The summed E-state index contributed by atoms with van der Waals surface area (Å²) in [5.41, 5.74) is 1.97. The molecule has 0 saturated heterocycles. The lowest BCUT2D eigenvalue weighted by Gasteiger charge is -2.15. The molecule has 0 aliphatic carbocycles. The largest absolute Gasteiger partial charge is 0.483 e. The first-order chi connectivity index (χ1) is 12.9. The van der Waals surface area contributed by atoms with E-state index in [1.807, 2.05) is 38.1 Å². The molecule has 0 radical (unpaired) electrons. The Bertz CT molecular complexity index is 785. The summed E-state index contributed by atoms with van der Waals surface area (Å²) in [6.45, 7) is 8.67. The maximum atomic E-state index is 12.4. The van der Waals surface area contributed by atoms with Crippen LogP contribution in [0.15, 0.2) is 48.5 Å². The number of ether oxygens (including phenoxy) is 1. The van der Waals surface area contributed by atoms with Crippen LogP contribution in [0.25, 0.3) is 0 Å². The van der Waals surface area contributed by atoms with Crippen molar-refractivity contribution in [3.8, 4) is 5.75 Å². The fraction of sp³-hybridized carbons (Fsp3) is 0.364. The Morgan fingerprint density at radius 1 is 0.963 bits per heavy atom. The highest BCUT2D eigenvalue weighted by Gasteiger charge is 2.14. The van der Waals surface area contributed by atoms with Gasteiger partial charge >= 0.3 is 0 Å². The molecule has 5 heteroatoms. The van der Waals surface area contributed by atoms with Crippen LogP contribution >= 0.6 is 0 Å². The van der Waals surface area contributed by atoms with E-state index in [2.05, 4.69) is 24.5 Å². The minimum absolute atomic E-state index is 0.119. The van der Waals surface area contributed by atoms with E-state index in [9.17, 15) is 9.59 Å². The van der Waals surface area contributed by atoms with Gasteiger partial charge in [-0.25, -0.2) is 0 Å². The van der Waals surface area contributed by atoms with Crippen LogP contribution in [0.2, 0.25) is 0 Å². The fourth-order valence-corrected chi connectivity index (χ4v) is 2.60. The van der Waals surface area contributed by atoms with Gasteiger partial charge in [-0.15, -0.1) is 0 Å². The molecule has 5 nitrogen and oxygen atoms in total. The van der Waals surface area contributed by atoms with Gasteiger partial charge in [0.1, 0.15) is 5.75 Å². The van der Waals surface area contributed by atoms with Gasteiger partial charge in [0, 0.05) is 6.54 Å². The molecule has 2 rings (SSSR count). The van der Waals surface area contributed by atoms with Crippen LogP contribution in [0.5, 0.6) is 5.75 Å². The van der Waals surface area contributed by atoms with Crippen molar-refractivity contribution in [3.63, 3.8) is 0 Å². The quantitative estimate of drug-likeness (QED) is 0.733. The summed E-state index contributed by atoms with van der Waals surface area (Å²) in [5, 5.41) is 5.64. The Morgan fingerprint density at radius 3 is 2.33 bits per heavy atom. The topological polar surface area (TPSA) is 67.4 Å². The summed E-state index contributed by atoms with van der Waals surface area (Å²) < 4.78 is 5.70. The van der Waals surface area contributed by atoms with Gasteiger partial charge < -0.3 is 15.4 Å². The SMILES string of the molecule is CC(C)CNC(=O)c1ccccc1NC(=O)COc1ccccc1C(C)C. The monoisotopic (exact) mass is 368 g/mol. The molecular formula is C22H28N2O3. The van der Waals surface area contributed by atoms with Crippen molar-refractivity contribution in [1.29, 1.82) is 0 Å². The Balaban J connectivity index is 2.01. The lowest BCUT2D eigenvalue weighted by Crippen LogP contribution is -2.29. The second-order valence-electron chi connectivity index (χ2n) is 7.18. The number of amides is 2. The molecule has 0 aliphatic rings. The Labute approximate surface area is 161 Å². The summed E-state index contributed by atoms with van der Waals surface area (Å²) in [6, 6.07) is 14.6. The predicted octanol–water partition coefficient (Wildman–Crippen LogP) is 4.21. The lowest BCUT2D eigenvalue weighted by molar-refractivity contribution is -0.118. The van der Waals surface area contributed by atoms with Gasteiger partial charge in [-0.3, -0.25) is 9.59 Å². The number of carbonyl (C=O) groups is 2. The van der Waals surface area contributed by atoms with E-state index in [0.29, 0.717) is 35.4 Å². The average Bonchev–Trinajstić information content (AvgIpc) is 2.65. The number of hydrogen-bond acceptors (Lipinski definition) is 3. The van der Waals surface area contributed by atoms with E-state index < -0.39 is 0 Å². The van der Waals surface area contributed by atoms with Gasteiger partial charge in [0.05, 0.1) is 11.3 Å². The van der Waals surface area contributed by atoms with Crippen LogP contribution in [-0.2, 0) is 4.79 Å². The van der Waals surface area contributed by atoms with Crippen LogP contribution in [-0.4, -0.2) is 25.0 Å². The van der Waals surface area contributed by atoms with Crippen LogP contribution in [0.4, 0.5) is 5.69 Å². The number of anilines is 1. The molecular weight excluding hydrogens is 340 g/mol. The fourth-order valence-electron chi connectivity index (χ4n) is 2.60. The molecule has 0 aliphatic heterocycles. The third-order valence-electron chi connectivity index (χ3n) is 4.02. The van der Waals surface area contributed by atoms with Crippen LogP contribution in [0.3, 0.4) is 0 Å². The highest BCUT2D eigenvalue weighted by Crippen LogP contribution is 2.25. The minimum atomic E-state index is -0.308.